The van der Waals surface area contributed by atoms with Crippen LogP contribution in [0.5, 0.6) is 0 Å². The molecule has 0 atom stereocenters. The van der Waals surface area contributed by atoms with Gasteiger partial charge in [-0.1, -0.05) is 0 Å². The second-order valence-corrected chi connectivity index (χ2v) is 10.8. The molecule has 0 aliphatic rings. The third kappa shape index (κ3) is 19.9. The Bertz CT molecular complexity index is 578. The third-order valence-corrected chi connectivity index (χ3v) is 5.61. The summed E-state index contributed by atoms with van der Waals surface area (Å²) in [6.07, 6.45) is 3.25. The second-order valence-electron chi connectivity index (χ2n) is 5.85. The van der Waals surface area contributed by atoms with Gasteiger partial charge in [0.2, 0.25) is 10.0 Å². The van der Waals surface area contributed by atoms with Gasteiger partial charge in [-0.25, -0.2) is 13.1 Å². The molecule has 0 spiro atoms. The number of hydrogen-bond acceptors (Lipinski definition) is 7. The quantitative estimate of drug-likeness (QED) is 0.234. The van der Waals surface area contributed by atoms with E-state index < -0.39 is 30.3 Å². The van der Waals surface area contributed by atoms with Crippen LogP contribution in [0.25, 0.3) is 0 Å². The van der Waals surface area contributed by atoms with Crippen molar-refractivity contribution in [3.05, 3.63) is 0 Å². The standard InChI is InChI=1S/C12H28N2O8S3/c1-23(15,16)13-7-6-10-14(8-2-4-11-24(17,18)19)9-3-5-12-25(20,21)22/h13H,2-12H2,1H3,(H,17,18,19)(H,20,21,22). The van der Waals surface area contributed by atoms with Gasteiger partial charge in [0.05, 0.1) is 17.8 Å². The predicted molar refractivity (Wildman–Crippen MR) is 95.2 cm³/mol. The molecule has 0 aromatic heterocycles. The fourth-order valence-electron chi connectivity index (χ4n) is 2.14. The molecule has 0 rings (SSSR count). The van der Waals surface area contributed by atoms with Gasteiger partial charge in [0, 0.05) is 6.54 Å². The van der Waals surface area contributed by atoms with Crippen molar-refractivity contribution in [2.75, 3.05) is 43.9 Å². The average Bonchev–Trinajstić information content (AvgIpc) is 2.40. The van der Waals surface area contributed by atoms with E-state index in [0.29, 0.717) is 51.7 Å². The Morgan fingerprint density at radius 1 is 0.720 bits per heavy atom. The Hall–Kier alpha value is -0.310. The lowest BCUT2D eigenvalue weighted by Gasteiger charge is -2.22. The van der Waals surface area contributed by atoms with Crippen molar-refractivity contribution in [3.63, 3.8) is 0 Å². The first-order valence-corrected chi connectivity index (χ1v) is 13.0. The minimum absolute atomic E-state index is 0.269. The largest absolute Gasteiger partial charge is 0.303 e. The van der Waals surface area contributed by atoms with Crippen molar-refractivity contribution in [2.24, 2.45) is 0 Å². The molecule has 0 bridgehead atoms. The molecule has 25 heavy (non-hydrogen) atoms. The molecule has 3 N–H and O–H groups in total. The molecule has 152 valence electrons. The van der Waals surface area contributed by atoms with Crippen LogP contribution in [0.2, 0.25) is 0 Å². The summed E-state index contributed by atoms with van der Waals surface area (Å²) in [6, 6.07) is 0. The van der Waals surface area contributed by atoms with E-state index >= 15 is 0 Å². The summed E-state index contributed by atoms with van der Waals surface area (Å²) in [4.78, 5) is 1.97. The highest BCUT2D eigenvalue weighted by Crippen LogP contribution is 2.03. The molecule has 0 unspecified atom stereocenters. The Kier molecular flexibility index (Phi) is 11.3. The van der Waals surface area contributed by atoms with E-state index in [-0.39, 0.29) is 18.1 Å². The highest BCUT2D eigenvalue weighted by atomic mass is 32.2. The lowest BCUT2D eigenvalue weighted by molar-refractivity contribution is 0.262. The number of hydrogen-bond donors (Lipinski definition) is 3. The zero-order valence-electron chi connectivity index (χ0n) is 14.3. The molecule has 0 aliphatic heterocycles. The molecule has 0 aliphatic carbocycles. The smallest absolute Gasteiger partial charge is 0.264 e. The normalized spacial score (nSPS) is 13.4. The topological polar surface area (TPSA) is 158 Å². The number of rotatable bonds is 15. The zero-order chi connectivity index (χ0) is 19.6. The van der Waals surface area contributed by atoms with Crippen LogP contribution in [0, 0.1) is 0 Å². The van der Waals surface area contributed by atoms with Crippen molar-refractivity contribution in [3.8, 4) is 0 Å². The van der Waals surface area contributed by atoms with E-state index in [1.165, 1.54) is 0 Å². The van der Waals surface area contributed by atoms with Crippen LogP contribution in [-0.4, -0.2) is 83.2 Å². The molecule has 0 saturated heterocycles. The van der Waals surface area contributed by atoms with E-state index in [1.807, 2.05) is 4.90 Å². The third-order valence-electron chi connectivity index (χ3n) is 3.27. The van der Waals surface area contributed by atoms with E-state index in [2.05, 4.69) is 4.72 Å². The molecule has 0 aromatic carbocycles. The van der Waals surface area contributed by atoms with Crippen molar-refractivity contribution < 1.29 is 34.4 Å². The summed E-state index contributed by atoms with van der Waals surface area (Å²) >= 11 is 0. The Morgan fingerprint density at radius 2 is 1.12 bits per heavy atom. The van der Waals surface area contributed by atoms with Gasteiger partial charge in [0.1, 0.15) is 0 Å². The van der Waals surface area contributed by atoms with Crippen LogP contribution < -0.4 is 4.72 Å². The molecule has 0 fully saturated rings. The van der Waals surface area contributed by atoms with Gasteiger partial charge < -0.3 is 4.90 Å². The fourth-order valence-corrected chi connectivity index (χ4v) is 3.79. The van der Waals surface area contributed by atoms with Crippen molar-refractivity contribution >= 4 is 30.3 Å². The summed E-state index contributed by atoms with van der Waals surface area (Å²) in [5.74, 6) is -0.640. The maximum atomic E-state index is 11.0. The van der Waals surface area contributed by atoms with Gasteiger partial charge in [0.25, 0.3) is 20.2 Å². The van der Waals surface area contributed by atoms with Crippen LogP contribution >= 0.6 is 0 Å². The van der Waals surface area contributed by atoms with Crippen molar-refractivity contribution in [2.45, 2.75) is 32.1 Å². The van der Waals surface area contributed by atoms with Crippen molar-refractivity contribution in [1.29, 1.82) is 0 Å². The molecule has 13 heteroatoms. The first-order valence-electron chi connectivity index (χ1n) is 7.86. The maximum Gasteiger partial charge on any atom is 0.264 e. The van der Waals surface area contributed by atoms with Crippen molar-refractivity contribution in [1.82, 2.24) is 9.62 Å². The Labute approximate surface area is 150 Å². The van der Waals surface area contributed by atoms with Gasteiger partial charge in [-0.15, -0.1) is 0 Å². The van der Waals surface area contributed by atoms with Gasteiger partial charge in [0.15, 0.2) is 0 Å². The molecule has 0 aromatic rings. The van der Waals surface area contributed by atoms with Gasteiger partial charge in [-0.2, -0.15) is 16.8 Å². The van der Waals surface area contributed by atoms with Crippen LogP contribution in [0.15, 0.2) is 0 Å². The molecule has 0 saturated carbocycles. The molecule has 0 radical (unpaired) electrons. The lowest BCUT2D eigenvalue weighted by Crippen LogP contribution is -2.31. The first-order chi connectivity index (χ1) is 11.3. The maximum absolute atomic E-state index is 11.0. The summed E-state index contributed by atoms with van der Waals surface area (Å²) in [5.41, 5.74) is 0. The summed E-state index contributed by atoms with van der Waals surface area (Å²) < 4.78 is 84.5. The minimum atomic E-state index is -3.99. The van der Waals surface area contributed by atoms with Crippen LogP contribution in [0.1, 0.15) is 32.1 Å². The lowest BCUT2D eigenvalue weighted by atomic mass is 10.2. The zero-order valence-corrected chi connectivity index (χ0v) is 16.7. The van der Waals surface area contributed by atoms with E-state index in [4.69, 9.17) is 9.11 Å². The first kappa shape index (κ1) is 24.7. The van der Waals surface area contributed by atoms with Crippen LogP contribution in [-0.2, 0) is 30.3 Å². The SMILES string of the molecule is CS(=O)(=O)NCCCN(CCCCS(=O)(=O)O)CCCCS(=O)(=O)O. The van der Waals surface area contributed by atoms with Gasteiger partial charge >= 0.3 is 0 Å². The van der Waals surface area contributed by atoms with Crippen LogP contribution in [0.4, 0.5) is 0 Å². The number of nitrogens with one attached hydrogen (secondary N) is 1. The highest BCUT2D eigenvalue weighted by Gasteiger charge is 2.10. The van der Waals surface area contributed by atoms with Crippen LogP contribution in [0.3, 0.4) is 0 Å². The fraction of sp³-hybridized carbons (Fsp3) is 1.00. The highest BCUT2D eigenvalue weighted by molar-refractivity contribution is 7.88. The van der Waals surface area contributed by atoms with E-state index in [0.717, 1.165) is 6.26 Å². The van der Waals surface area contributed by atoms with Gasteiger partial charge in [-0.3, -0.25) is 9.11 Å². The number of unbranched alkanes of at least 4 members (excludes halogenated alkanes) is 2. The molecular formula is C12H28N2O8S3. The molecular weight excluding hydrogens is 396 g/mol. The number of sulfonamides is 1. The molecule has 0 amide bonds. The monoisotopic (exact) mass is 424 g/mol. The van der Waals surface area contributed by atoms with E-state index in [1.54, 1.807) is 0 Å². The van der Waals surface area contributed by atoms with E-state index in [9.17, 15) is 25.3 Å². The van der Waals surface area contributed by atoms with Gasteiger partial charge in [-0.05, 0) is 51.7 Å². The predicted octanol–water partition coefficient (Wildman–Crippen LogP) is -0.436. The summed E-state index contributed by atoms with van der Waals surface area (Å²) in [6.45, 7) is 1.91. The minimum Gasteiger partial charge on any atom is -0.303 e. The molecule has 10 nitrogen and oxygen atoms in total. The summed E-state index contributed by atoms with van der Waals surface area (Å²) in [5, 5.41) is 0. The Morgan fingerprint density at radius 3 is 1.48 bits per heavy atom. The summed E-state index contributed by atoms with van der Waals surface area (Å²) in [7, 11) is -11.2. The number of nitrogens with zero attached hydrogens (tertiary/aromatic N) is 1. The Balaban J connectivity index is 4.24. The molecule has 0 heterocycles. The average molecular weight is 425 g/mol. The second kappa shape index (κ2) is 11.4.